The maximum atomic E-state index is 14.1. The minimum atomic E-state index is -0.958. The zero-order chi connectivity index (χ0) is 37.3. The van der Waals surface area contributed by atoms with E-state index in [0.717, 1.165) is 17.8 Å². The minimum absolute atomic E-state index is 0. The molecule has 0 spiro atoms. The number of esters is 1. The van der Waals surface area contributed by atoms with Crippen molar-refractivity contribution in [1.82, 2.24) is 30.2 Å². The Balaban J connectivity index is 0.00000605. The van der Waals surface area contributed by atoms with Crippen molar-refractivity contribution in [3.8, 4) is 0 Å². The first kappa shape index (κ1) is 40.6. The van der Waals surface area contributed by atoms with Gasteiger partial charge in [-0.25, -0.2) is 0 Å². The fourth-order valence-corrected chi connectivity index (χ4v) is 7.44. The number of carboxylic acids is 1. The number of likely N-dealkylation sites (N-methyl/N-ethyl adjacent to an activating group) is 1. The molecule has 0 fully saturated rings. The molecule has 0 saturated carbocycles. The quantitative estimate of drug-likeness (QED) is 0.144. The van der Waals surface area contributed by atoms with Crippen LogP contribution in [0.1, 0.15) is 131 Å². The summed E-state index contributed by atoms with van der Waals surface area (Å²) in [7, 11) is 5.14. The molecule has 13 heteroatoms. The van der Waals surface area contributed by atoms with Crippen molar-refractivity contribution in [3.05, 3.63) is 68.8 Å². The number of carbonyl (C=O) groups is 4. The summed E-state index contributed by atoms with van der Waals surface area (Å²) in [5.41, 5.74) is 7.27. The van der Waals surface area contributed by atoms with E-state index in [4.69, 9.17) is 24.7 Å². The van der Waals surface area contributed by atoms with Gasteiger partial charge in [0.25, 0.3) is 0 Å². The summed E-state index contributed by atoms with van der Waals surface area (Å²) >= 11 is 0. The number of rotatable bonds is 11. The summed E-state index contributed by atoms with van der Waals surface area (Å²) < 4.78 is 5.15. The molecule has 12 nitrogen and oxygen atoms in total. The van der Waals surface area contributed by atoms with Gasteiger partial charge in [0.05, 0.1) is 13.5 Å². The van der Waals surface area contributed by atoms with E-state index < -0.39 is 17.9 Å². The Kier molecular flexibility index (Phi) is 13.0. The number of aryl methyl sites for hydroxylation is 2. The van der Waals surface area contributed by atoms with Gasteiger partial charge in [0, 0.05) is 77.1 Å². The molecule has 8 bridgehead atoms. The van der Waals surface area contributed by atoms with E-state index in [9.17, 15) is 24.3 Å². The number of aromatic nitrogens is 4. The zero-order valence-corrected chi connectivity index (χ0v) is 32.9. The molecule has 2 aliphatic heterocycles. The molecule has 280 valence electrons. The summed E-state index contributed by atoms with van der Waals surface area (Å²) in [6, 6.07) is 5.66. The second kappa shape index (κ2) is 16.7. The predicted octanol–water partition coefficient (Wildman–Crippen LogP) is 5.45. The second-order valence-electron chi connectivity index (χ2n) is 14.0. The van der Waals surface area contributed by atoms with Crippen LogP contribution in [-0.4, -0.2) is 77.9 Å². The Bertz CT molecular complexity index is 2050. The summed E-state index contributed by atoms with van der Waals surface area (Å²) in [6.45, 7) is 12.4. The number of hydrogen-bond donors (Lipinski definition) is 2. The minimum Gasteiger partial charge on any atom is -0.657 e. The molecule has 5 rings (SSSR count). The number of nitrogens with zero attached hydrogens (tertiary/aromatic N) is 5. The van der Waals surface area contributed by atoms with Gasteiger partial charge in [-0.05, 0) is 53.3 Å². The first-order valence-corrected chi connectivity index (χ1v) is 17.5. The molecular formula is C39H48N6O6Pd. The largest absolute Gasteiger partial charge is 2.00 e. The smallest absolute Gasteiger partial charge is 0.657 e. The third-order valence-corrected chi connectivity index (χ3v) is 10.4. The topological polar surface area (TPSA) is 167 Å². The SMILES string of the molecule is CC[C@H]1c2cc3[n-]c(c(CC(=O)OC)c4nc(cc5[n-]c(cc(n2)[C@@H]1C)c(C(C)=O)c5C)[C@@H](C)[C@@H]4CCC(=O)O)c(C(=O)NCCN(C)C)c3C.[Pd+2]. The molecule has 0 unspecified atom stereocenters. The first-order valence-electron chi connectivity index (χ1n) is 17.5. The van der Waals surface area contributed by atoms with Gasteiger partial charge in [0.15, 0.2) is 5.78 Å². The molecule has 5 heterocycles. The van der Waals surface area contributed by atoms with Crippen LogP contribution in [0.4, 0.5) is 0 Å². The number of hydrogen-bond acceptors (Lipinski definition) is 8. The predicted molar refractivity (Wildman–Crippen MR) is 194 cm³/mol. The number of methoxy groups -OCH3 is 1. The van der Waals surface area contributed by atoms with Crippen LogP contribution in [0.2, 0.25) is 0 Å². The molecule has 3 aromatic rings. The van der Waals surface area contributed by atoms with Crippen LogP contribution in [0.15, 0.2) is 18.2 Å². The Morgan fingerprint density at radius 2 is 1.50 bits per heavy atom. The van der Waals surface area contributed by atoms with Crippen molar-refractivity contribution < 1.29 is 49.4 Å². The van der Waals surface area contributed by atoms with Gasteiger partial charge in [-0.3, -0.25) is 29.1 Å². The van der Waals surface area contributed by atoms with E-state index in [2.05, 4.69) is 19.2 Å². The maximum Gasteiger partial charge on any atom is 2.00 e. The number of nitrogens with one attached hydrogen (secondary N) is 1. The van der Waals surface area contributed by atoms with Crippen LogP contribution >= 0.6 is 0 Å². The summed E-state index contributed by atoms with van der Waals surface area (Å²) in [5.74, 6) is -2.59. The van der Waals surface area contributed by atoms with Gasteiger partial charge in [0.2, 0.25) is 5.91 Å². The Morgan fingerprint density at radius 3 is 2.12 bits per heavy atom. The number of ketones is 1. The van der Waals surface area contributed by atoms with Crippen LogP contribution in [0, 0.1) is 13.8 Å². The van der Waals surface area contributed by atoms with Crippen LogP contribution in [0.25, 0.3) is 22.1 Å². The van der Waals surface area contributed by atoms with E-state index >= 15 is 0 Å². The van der Waals surface area contributed by atoms with Gasteiger partial charge in [-0.1, -0.05) is 50.1 Å². The number of fused-ring (bicyclic) bond motifs is 8. The molecule has 2 aliphatic rings. The number of carboxylic acid groups (broad SMARTS) is 1. The van der Waals surface area contributed by atoms with E-state index in [1.54, 1.807) is 0 Å². The fourth-order valence-electron chi connectivity index (χ4n) is 7.44. The van der Waals surface area contributed by atoms with Crippen molar-refractivity contribution in [1.29, 1.82) is 0 Å². The molecule has 4 atom stereocenters. The fraction of sp³-hybridized carbons (Fsp3) is 0.487. The van der Waals surface area contributed by atoms with Crippen LogP contribution in [0.3, 0.4) is 0 Å². The van der Waals surface area contributed by atoms with Crippen LogP contribution in [-0.2, 0) is 41.2 Å². The average Bonchev–Trinajstić information content (AvgIpc) is 3.75. The van der Waals surface area contributed by atoms with Gasteiger partial charge in [-0.15, -0.1) is 22.1 Å². The van der Waals surface area contributed by atoms with Crippen molar-refractivity contribution in [3.63, 3.8) is 0 Å². The van der Waals surface area contributed by atoms with Gasteiger partial charge < -0.3 is 30.0 Å². The number of aliphatic carboxylic acids is 1. The van der Waals surface area contributed by atoms with Gasteiger partial charge in [0.1, 0.15) is 0 Å². The number of carbonyl (C=O) groups excluding carboxylic acids is 3. The van der Waals surface area contributed by atoms with Crippen LogP contribution in [0.5, 0.6) is 0 Å². The molecule has 0 radical (unpaired) electrons. The molecule has 0 saturated heterocycles. The third-order valence-electron chi connectivity index (χ3n) is 10.4. The normalized spacial score (nSPS) is 18.2. The summed E-state index contributed by atoms with van der Waals surface area (Å²) in [4.78, 5) is 74.2. The van der Waals surface area contributed by atoms with E-state index in [1.165, 1.54) is 14.0 Å². The molecule has 2 N–H and O–H groups in total. The first-order chi connectivity index (χ1) is 24.2. The molecule has 0 aromatic carbocycles. The second-order valence-corrected chi connectivity index (χ2v) is 14.0. The molecule has 52 heavy (non-hydrogen) atoms. The standard InChI is InChI=1S/C39H50N6O6.Pd/c1-10-24-19(2)27-18-32-35(23(6)46)21(4)29(42-32)16-28-20(3)25(11-12-33(47)48)37(43-28)26(15-34(49)51-9)38-36(39(50)40-13-14-45(7)8)22(5)30(44-38)17-31(24)41-27;/h16-20,24-25H,10-15H2,1-9H3,(H4,40,41,42,43,44,46,47,48,50);/q;+2/p-2/t19-,20+,24-,25+;/m1./s1. The average molecular weight is 803 g/mol. The Morgan fingerprint density at radius 1 is 0.904 bits per heavy atom. The van der Waals surface area contributed by atoms with E-state index in [-0.39, 0.29) is 69.1 Å². The molecule has 3 aromatic heterocycles. The summed E-state index contributed by atoms with van der Waals surface area (Å²) in [5, 5.41) is 12.7. The molecular weight excluding hydrogens is 755 g/mol. The van der Waals surface area contributed by atoms with E-state index in [1.807, 2.05) is 58.0 Å². The number of ether oxygens (including phenoxy) is 1. The number of Topliss-reactive ketones (excluding diaryl/α,β-unsaturated/α-hetero) is 1. The van der Waals surface area contributed by atoms with Crippen molar-refractivity contribution in [2.75, 3.05) is 34.3 Å². The maximum absolute atomic E-state index is 14.1. The summed E-state index contributed by atoms with van der Waals surface area (Å²) in [6.07, 6.45) is 0.661. The zero-order valence-electron chi connectivity index (χ0n) is 31.3. The van der Waals surface area contributed by atoms with Crippen molar-refractivity contribution in [2.24, 2.45) is 0 Å². The van der Waals surface area contributed by atoms with Crippen LogP contribution < -0.4 is 15.3 Å². The molecule has 1 amide bonds. The monoisotopic (exact) mass is 802 g/mol. The number of amides is 1. The van der Waals surface area contributed by atoms with Gasteiger partial charge in [-0.2, -0.15) is 0 Å². The Labute approximate surface area is 318 Å². The van der Waals surface area contributed by atoms with Crippen molar-refractivity contribution >= 4 is 45.7 Å². The van der Waals surface area contributed by atoms with Gasteiger partial charge >= 0.3 is 32.4 Å². The van der Waals surface area contributed by atoms with E-state index in [0.29, 0.717) is 74.4 Å². The van der Waals surface area contributed by atoms with Crippen molar-refractivity contribution in [2.45, 2.75) is 90.9 Å². The molecule has 0 aliphatic carbocycles. The third kappa shape index (κ3) is 8.07. The Hall–Kier alpha value is -4.18.